The van der Waals surface area contributed by atoms with E-state index in [0.29, 0.717) is 11.7 Å². The van der Waals surface area contributed by atoms with E-state index in [1.807, 2.05) is 41.5 Å². The highest BCUT2D eigenvalue weighted by molar-refractivity contribution is 5.44. The summed E-state index contributed by atoms with van der Waals surface area (Å²) in [4.78, 5) is 0. The summed E-state index contributed by atoms with van der Waals surface area (Å²) in [5.74, 6) is 0.865. The molecule has 0 radical (unpaired) electrons. The molecule has 2 aliphatic heterocycles. The van der Waals surface area contributed by atoms with Crippen LogP contribution in [0.3, 0.4) is 0 Å². The van der Waals surface area contributed by atoms with Crippen molar-refractivity contribution in [1.29, 1.82) is 0 Å². The first kappa shape index (κ1) is 22.8. The molecular formula is C19H32F3NO. The zero-order valence-corrected chi connectivity index (χ0v) is 15.9. The maximum absolute atomic E-state index is 12.6. The van der Waals surface area contributed by atoms with Crippen molar-refractivity contribution in [1.82, 2.24) is 5.32 Å². The molecule has 2 heterocycles. The summed E-state index contributed by atoms with van der Waals surface area (Å²) in [6, 6.07) is 3.81. The smallest absolute Gasteiger partial charge is 0.416 e. The van der Waals surface area contributed by atoms with Gasteiger partial charge in [-0.1, -0.05) is 54.5 Å². The van der Waals surface area contributed by atoms with Crippen molar-refractivity contribution in [3.05, 3.63) is 29.3 Å². The van der Waals surface area contributed by atoms with Gasteiger partial charge in [0.15, 0.2) is 0 Å². The van der Waals surface area contributed by atoms with Gasteiger partial charge in [-0.3, -0.25) is 0 Å². The number of alkyl halides is 3. The number of piperidine rings is 1. The fourth-order valence-electron chi connectivity index (χ4n) is 2.73. The third-order valence-corrected chi connectivity index (χ3v) is 3.65. The number of rotatable bonds is 0. The van der Waals surface area contributed by atoms with E-state index >= 15 is 0 Å². The van der Waals surface area contributed by atoms with Crippen molar-refractivity contribution >= 4 is 0 Å². The van der Waals surface area contributed by atoms with Gasteiger partial charge in [-0.2, -0.15) is 13.2 Å². The van der Waals surface area contributed by atoms with E-state index in [4.69, 9.17) is 4.74 Å². The SMILES string of the molecule is CC.CC.CC.C[C@@H]1CNC2c3ccc(C(F)(F)F)cc3OC2C1. The molecule has 0 saturated carbocycles. The van der Waals surface area contributed by atoms with Crippen molar-refractivity contribution in [2.45, 2.75) is 73.2 Å². The fourth-order valence-corrected chi connectivity index (χ4v) is 2.73. The second kappa shape index (κ2) is 10.6. The fraction of sp³-hybridized carbons (Fsp3) is 0.684. The zero-order valence-electron chi connectivity index (χ0n) is 15.9. The Morgan fingerprint density at radius 1 is 1.04 bits per heavy atom. The van der Waals surface area contributed by atoms with Crippen LogP contribution >= 0.6 is 0 Å². The molecule has 0 bridgehead atoms. The summed E-state index contributed by atoms with van der Waals surface area (Å²) in [5, 5.41) is 3.34. The number of hydrogen-bond acceptors (Lipinski definition) is 2. The highest BCUT2D eigenvalue weighted by atomic mass is 19.4. The summed E-state index contributed by atoms with van der Waals surface area (Å²) >= 11 is 0. The van der Waals surface area contributed by atoms with Crippen LogP contribution < -0.4 is 10.1 Å². The lowest BCUT2D eigenvalue weighted by atomic mass is 9.91. The number of fused-ring (bicyclic) bond motifs is 3. The second-order valence-electron chi connectivity index (χ2n) is 5.13. The molecule has 0 aliphatic carbocycles. The van der Waals surface area contributed by atoms with E-state index in [0.717, 1.165) is 30.7 Å². The largest absolute Gasteiger partial charge is 0.488 e. The van der Waals surface area contributed by atoms with Gasteiger partial charge in [0.2, 0.25) is 0 Å². The zero-order chi connectivity index (χ0) is 18.9. The average molecular weight is 347 g/mol. The Bertz CT molecular complexity index is 474. The topological polar surface area (TPSA) is 21.3 Å². The summed E-state index contributed by atoms with van der Waals surface area (Å²) in [6.07, 6.45) is -3.46. The molecule has 3 rings (SSSR count). The number of benzene rings is 1. The average Bonchev–Trinajstić information content (AvgIpc) is 2.96. The quantitative estimate of drug-likeness (QED) is 0.602. The first-order valence-electron chi connectivity index (χ1n) is 9.06. The lowest BCUT2D eigenvalue weighted by molar-refractivity contribution is -0.137. The van der Waals surface area contributed by atoms with Crippen LogP contribution in [0.5, 0.6) is 5.75 Å². The third kappa shape index (κ3) is 5.40. The minimum absolute atomic E-state index is 0.0350. The first-order valence-corrected chi connectivity index (χ1v) is 9.06. The molecule has 0 spiro atoms. The van der Waals surface area contributed by atoms with Gasteiger partial charge in [0.25, 0.3) is 0 Å². The van der Waals surface area contributed by atoms with E-state index in [2.05, 4.69) is 12.2 Å². The number of nitrogens with one attached hydrogen (secondary N) is 1. The van der Waals surface area contributed by atoms with Crippen molar-refractivity contribution in [3.8, 4) is 5.75 Å². The normalized spacial score (nSPS) is 23.7. The molecule has 1 aromatic rings. The van der Waals surface area contributed by atoms with Crippen LogP contribution in [0.4, 0.5) is 13.2 Å². The van der Waals surface area contributed by atoms with Crippen LogP contribution in [-0.2, 0) is 6.18 Å². The Labute approximate surface area is 144 Å². The lowest BCUT2D eigenvalue weighted by Crippen LogP contribution is -2.41. The Morgan fingerprint density at radius 3 is 2.17 bits per heavy atom. The molecule has 1 saturated heterocycles. The van der Waals surface area contributed by atoms with Gasteiger partial charge in [-0.15, -0.1) is 0 Å². The Hall–Kier alpha value is -1.23. The van der Waals surface area contributed by atoms with Crippen LogP contribution in [0.2, 0.25) is 0 Å². The minimum atomic E-state index is -4.31. The van der Waals surface area contributed by atoms with E-state index < -0.39 is 11.7 Å². The molecule has 140 valence electrons. The van der Waals surface area contributed by atoms with E-state index in [9.17, 15) is 13.2 Å². The molecule has 2 nitrogen and oxygen atoms in total. The molecule has 1 fully saturated rings. The molecule has 2 unspecified atom stereocenters. The molecular weight excluding hydrogens is 315 g/mol. The van der Waals surface area contributed by atoms with Crippen LogP contribution in [0, 0.1) is 5.92 Å². The Kier molecular flexibility index (Phi) is 10.1. The van der Waals surface area contributed by atoms with Crippen molar-refractivity contribution in [2.75, 3.05) is 6.54 Å². The molecule has 24 heavy (non-hydrogen) atoms. The maximum Gasteiger partial charge on any atom is 0.416 e. The van der Waals surface area contributed by atoms with Crippen LogP contribution in [-0.4, -0.2) is 12.6 Å². The standard InChI is InChI=1S/C13H14F3NO.3C2H6/c1-7-4-11-12(17-6-7)9-3-2-8(13(14,15)16)5-10(9)18-11;3*1-2/h2-3,5,7,11-12,17H,4,6H2,1H3;3*1-2H3/t7-,11?,12?;;;/m0.../s1. The van der Waals surface area contributed by atoms with Gasteiger partial charge in [-0.05, 0) is 31.0 Å². The van der Waals surface area contributed by atoms with Gasteiger partial charge in [0, 0.05) is 5.56 Å². The molecule has 2 aliphatic rings. The van der Waals surface area contributed by atoms with Crippen LogP contribution in [0.25, 0.3) is 0 Å². The van der Waals surface area contributed by atoms with Gasteiger partial charge in [-0.25, -0.2) is 0 Å². The number of hydrogen-bond donors (Lipinski definition) is 1. The predicted octanol–water partition coefficient (Wildman–Crippen LogP) is 6.22. The van der Waals surface area contributed by atoms with E-state index in [1.165, 1.54) is 6.07 Å². The van der Waals surface area contributed by atoms with Crippen molar-refractivity contribution < 1.29 is 17.9 Å². The summed E-state index contributed by atoms with van der Waals surface area (Å²) in [6.45, 7) is 15.0. The summed E-state index contributed by atoms with van der Waals surface area (Å²) < 4.78 is 43.5. The maximum atomic E-state index is 12.6. The number of ether oxygens (including phenoxy) is 1. The monoisotopic (exact) mass is 347 g/mol. The Balaban J connectivity index is 0.000000798. The van der Waals surface area contributed by atoms with Gasteiger partial charge in [0.05, 0.1) is 11.6 Å². The molecule has 3 atom stereocenters. The first-order chi connectivity index (χ1) is 11.4. The molecule has 1 aromatic carbocycles. The minimum Gasteiger partial charge on any atom is -0.488 e. The van der Waals surface area contributed by atoms with Gasteiger partial charge < -0.3 is 10.1 Å². The summed E-state index contributed by atoms with van der Waals surface area (Å²) in [7, 11) is 0. The van der Waals surface area contributed by atoms with E-state index in [1.54, 1.807) is 0 Å². The predicted molar refractivity (Wildman–Crippen MR) is 94.4 cm³/mol. The molecule has 0 amide bonds. The summed E-state index contributed by atoms with van der Waals surface area (Å²) in [5.41, 5.74) is 0.202. The van der Waals surface area contributed by atoms with Crippen LogP contribution in [0.1, 0.15) is 72.1 Å². The highest BCUT2D eigenvalue weighted by Crippen LogP contribution is 2.43. The molecule has 5 heteroatoms. The third-order valence-electron chi connectivity index (χ3n) is 3.65. The van der Waals surface area contributed by atoms with Gasteiger partial charge in [0.1, 0.15) is 11.9 Å². The van der Waals surface area contributed by atoms with Crippen molar-refractivity contribution in [3.63, 3.8) is 0 Å². The lowest BCUT2D eigenvalue weighted by Gasteiger charge is -2.29. The van der Waals surface area contributed by atoms with Gasteiger partial charge >= 0.3 is 6.18 Å². The van der Waals surface area contributed by atoms with Crippen molar-refractivity contribution in [2.24, 2.45) is 5.92 Å². The molecule has 1 N–H and O–H groups in total. The Morgan fingerprint density at radius 2 is 1.62 bits per heavy atom. The second-order valence-corrected chi connectivity index (χ2v) is 5.13. The number of halogens is 3. The molecule has 0 aromatic heterocycles. The van der Waals surface area contributed by atoms with E-state index in [-0.39, 0.29) is 12.1 Å². The highest BCUT2D eigenvalue weighted by Gasteiger charge is 2.40. The van der Waals surface area contributed by atoms with Crippen LogP contribution in [0.15, 0.2) is 18.2 Å².